The van der Waals surface area contributed by atoms with Gasteiger partial charge in [-0.05, 0) is 53.3 Å². The number of carbonyl (C=O) groups excluding carboxylic acids is 2. The lowest BCUT2D eigenvalue weighted by Gasteiger charge is -2.42. The van der Waals surface area contributed by atoms with Gasteiger partial charge < -0.3 is 10.2 Å². The minimum absolute atomic E-state index is 0.0523. The van der Waals surface area contributed by atoms with E-state index < -0.39 is 12.0 Å². The highest BCUT2D eigenvalue weighted by Crippen LogP contribution is 2.44. The van der Waals surface area contributed by atoms with Crippen LogP contribution >= 0.6 is 11.3 Å². The van der Waals surface area contributed by atoms with Crippen LogP contribution in [0.15, 0.2) is 66.0 Å². The SMILES string of the molecule is CC(C)CN1C(=O)c2ccccc2[C@@H](C(=O)Nc2ccc(F)cc2)[C@@H]1c1cccs1. The Morgan fingerprint density at radius 2 is 1.83 bits per heavy atom. The normalized spacial score (nSPS) is 18.4. The quantitative estimate of drug-likeness (QED) is 0.593. The van der Waals surface area contributed by atoms with Crippen molar-refractivity contribution in [3.05, 3.63) is 87.9 Å². The number of benzene rings is 2. The first-order valence-electron chi connectivity index (χ1n) is 9.95. The molecule has 1 aromatic heterocycles. The highest BCUT2D eigenvalue weighted by molar-refractivity contribution is 7.10. The van der Waals surface area contributed by atoms with Gasteiger partial charge in [-0.3, -0.25) is 9.59 Å². The van der Waals surface area contributed by atoms with Gasteiger partial charge in [0.15, 0.2) is 0 Å². The molecule has 1 aliphatic rings. The molecule has 0 bridgehead atoms. The molecule has 0 saturated heterocycles. The number of amides is 2. The molecule has 1 N–H and O–H groups in total. The van der Waals surface area contributed by atoms with Gasteiger partial charge in [0.2, 0.25) is 5.91 Å². The van der Waals surface area contributed by atoms with Crippen LogP contribution in [0.2, 0.25) is 0 Å². The lowest BCUT2D eigenvalue weighted by atomic mass is 9.81. The molecule has 0 aliphatic carbocycles. The summed E-state index contributed by atoms with van der Waals surface area (Å²) in [6.07, 6.45) is 0. The fourth-order valence-electron chi connectivity index (χ4n) is 4.00. The Labute approximate surface area is 179 Å². The van der Waals surface area contributed by atoms with Crippen molar-refractivity contribution in [2.75, 3.05) is 11.9 Å². The van der Waals surface area contributed by atoms with Gasteiger partial charge in [0.05, 0.1) is 12.0 Å². The number of hydrogen-bond donors (Lipinski definition) is 1. The Kier molecular flexibility index (Phi) is 5.68. The second-order valence-electron chi connectivity index (χ2n) is 7.87. The van der Waals surface area contributed by atoms with E-state index in [-0.39, 0.29) is 23.5 Å². The van der Waals surface area contributed by atoms with E-state index in [9.17, 15) is 14.0 Å². The van der Waals surface area contributed by atoms with Gasteiger partial charge in [0, 0.05) is 22.7 Å². The van der Waals surface area contributed by atoms with Crippen LogP contribution in [0.5, 0.6) is 0 Å². The number of rotatable bonds is 5. The van der Waals surface area contributed by atoms with Crippen LogP contribution in [0.1, 0.15) is 46.6 Å². The minimum Gasteiger partial charge on any atom is -0.329 e. The van der Waals surface area contributed by atoms with E-state index in [0.29, 0.717) is 17.8 Å². The van der Waals surface area contributed by atoms with Crippen LogP contribution in [0, 0.1) is 11.7 Å². The maximum Gasteiger partial charge on any atom is 0.254 e. The molecule has 0 spiro atoms. The summed E-state index contributed by atoms with van der Waals surface area (Å²) in [7, 11) is 0. The predicted molar refractivity (Wildman–Crippen MR) is 117 cm³/mol. The van der Waals surface area contributed by atoms with Gasteiger partial charge >= 0.3 is 0 Å². The van der Waals surface area contributed by atoms with Crippen LogP contribution in [-0.4, -0.2) is 23.3 Å². The topological polar surface area (TPSA) is 49.4 Å². The van der Waals surface area contributed by atoms with E-state index in [4.69, 9.17) is 0 Å². The van der Waals surface area contributed by atoms with Crippen LogP contribution in [0.4, 0.5) is 10.1 Å². The zero-order valence-corrected chi connectivity index (χ0v) is 17.7. The standard InChI is InChI=1S/C24H23FN2O2S/c1-15(2)14-27-22(20-8-5-13-30-20)21(18-6-3-4-7-19(18)24(27)29)23(28)26-17-11-9-16(25)10-12-17/h3-13,15,21-22H,14H2,1-2H3,(H,26,28)/t21-,22+/m1/s1. The van der Waals surface area contributed by atoms with E-state index in [2.05, 4.69) is 19.2 Å². The molecule has 0 radical (unpaired) electrons. The number of halogens is 1. The molecule has 6 heteroatoms. The van der Waals surface area contributed by atoms with Crippen molar-refractivity contribution in [3.63, 3.8) is 0 Å². The summed E-state index contributed by atoms with van der Waals surface area (Å²) in [6, 6.07) is 16.6. The molecule has 4 nitrogen and oxygen atoms in total. The second-order valence-corrected chi connectivity index (χ2v) is 8.85. The maximum atomic E-state index is 13.5. The van der Waals surface area contributed by atoms with Crippen molar-refractivity contribution >= 4 is 28.8 Å². The molecule has 30 heavy (non-hydrogen) atoms. The summed E-state index contributed by atoms with van der Waals surface area (Å²) >= 11 is 1.54. The number of thiophene rings is 1. The largest absolute Gasteiger partial charge is 0.329 e. The molecule has 2 aromatic carbocycles. The van der Waals surface area contributed by atoms with Crippen LogP contribution in [0.3, 0.4) is 0 Å². The smallest absolute Gasteiger partial charge is 0.254 e. The van der Waals surface area contributed by atoms with Crippen molar-refractivity contribution in [1.82, 2.24) is 4.90 Å². The second kappa shape index (κ2) is 8.40. The number of nitrogens with one attached hydrogen (secondary N) is 1. The van der Waals surface area contributed by atoms with Gasteiger partial charge in [-0.1, -0.05) is 38.1 Å². The Balaban J connectivity index is 1.80. The summed E-state index contributed by atoms with van der Waals surface area (Å²) in [5.74, 6) is -0.942. The molecule has 0 fully saturated rings. The summed E-state index contributed by atoms with van der Waals surface area (Å²) in [4.78, 5) is 29.7. The molecule has 4 rings (SSSR count). The summed E-state index contributed by atoms with van der Waals surface area (Å²) in [5, 5.41) is 4.88. The van der Waals surface area contributed by atoms with Crippen molar-refractivity contribution in [2.24, 2.45) is 5.92 Å². The predicted octanol–water partition coefficient (Wildman–Crippen LogP) is 5.46. The molecule has 0 unspecified atom stereocenters. The van der Waals surface area contributed by atoms with Crippen LogP contribution in [-0.2, 0) is 4.79 Å². The van der Waals surface area contributed by atoms with Gasteiger partial charge in [-0.2, -0.15) is 0 Å². The Bertz CT molecular complexity index is 1050. The monoisotopic (exact) mass is 422 g/mol. The van der Waals surface area contributed by atoms with E-state index in [1.165, 1.54) is 12.1 Å². The third-order valence-electron chi connectivity index (χ3n) is 5.23. The Hall–Kier alpha value is -2.99. The van der Waals surface area contributed by atoms with E-state index in [1.54, 1.807) is 29.5 Å². The van der Waals surface area contributed by atoms with Crippen molar-refractivity contribution < 1.29 is 14.0 Å². The van der Waals surface area contributed by atoms with Crippen LogP contribution < -0.4 is 5.32 Å². The minimum atomic E-state index is -0.568. The van der Waals surface area contributed by atoms with Gasteiger partial charge in [0.1, 0.15) is 5.82 Å². The van der Waals surface area contributed by atoms with Crippen molar-refractivity contribution in [2.45, 2.75) is 25.8 Å². The third kappa shape index (κ3) is 3.87. The van der Waals surface area contributed by atoms with Crippen molar-refractivity contribution in [3.8, 4) is 0 Å². The van der Waals surface area contributed by atoms with Crippen molar-refractivity contribution in [1.29, 1.82) is 0 Å². The molecule has 2 amide bonds. The van der Waals surface area contributed by atoms with E-state index >= 15 is 0 Å². The summed E-state index contributed by atoms with van der Waals surface area (Å²) < 4.78 is 13.3. The first kappa shape index (κ1) is 20.3. The average molecular weight is 423 g/mol. The molecule has 3 aromatic rings. The lowest BCUT2D eigenvalue weighted by molar-refractivity contribution is -0.119. The fourth-order valence-corrected chi connectivity index (χ4v) is 4.87. The van der Waals surface area contributed by atoms with Gasteiger partial charge in [-0.15, -0.1) is 11.3 Å². The highest BCUT2D eigenvalue weighted by atomic mass is 32.1. The lowest BCUT2D eigenvalue weighted by Crippen LogP contribution is -2.47. The Morgan fingerprint density at radius 1 is 1.10 bits per heavy atom. The molecule has 2 heterocycles. The molecule has 154 valence electrons. The van der Waals surface area contributed by atoms with Gasteiger partial charge in [0.25, 0.3) is 5.91 Å². The average Bonchev–Trinajstić information content (AvgIpc) is 3.25. The van der Waals surface area contributed by atoms with Crippen LogP contribution in [0.25, 0.3) is 0 Å². The number of fused-ring (bicyclic) bond motifs is 1. The fraction of sp³-hybridized carbons (Fsp3) is 0.250. The summed E-state index contributed by atoms with van der Waals surface area (Å²) in [5.41, 5.74) is 1.81. The number of hydrogen-bond acceptors (Lipinski definition) is 3. The molecule has 0 saturated carbocycles. The zero-order chi connectivity index (χ0) is 21.3. The van der Waals surface area contributed by atoms with E-state index in [1.807, 2.05) is 40.6 Å². The van der Waals surface area contributed by atoms with Gasteiger partial charge in [-0.25, -0.2) is 4.39 Å². The first-order chi connectivity index (χ1) is 14.5. The Morgan fingerprint density at radius 3 is 2.50 bits per heavy atom. The molecule has 1 aliphatic heterocycles. The summed E-state index contributed by atoms with van der Waals surface area (Å²) in [6.45, 7) is 4.68. The van der Waals surface area contributed by atoms with E-state index in [0.717, 1.165) is 10.4 Å². The molecular formula is C24H23FN2O2S. The molecular weight excluding hydrogens is 399 g/mol. The highest BCUT2D eigenvalue weighted by Gasteiger charge is 2.44. The number of nitrogens with zero attached hydrogens (tertiary/aromatic N) is 1. The number of anilines is 1. The number of carbonyl (C=O) groups is 2. The third-order valence-corrected chi connectivity index (χ3v) is 6.17. The first-order valence-corrected chi connectivity index (χ1v) is 10.8. The maximum absolute atomic E-state index is 13.5. The zero-order valence-electron chi connectivity index (χ0n) is 16.8. The molecule has 2 atom stereocenters.